The van der Waals surface area contributed by atoms with Crippen molar-refractivity contribution in [1.82, 2.24) is 0 Å². The number of amides is 2. The quantitative estimate of drug-likeness (QED) is 0.611. The molecule has 0 saturated heterocycles. The minimum atomic E-state index is -0.675. The predicted molar refractivity (Wildman–Crippen MR) is 98.1 cm³/mol. The lowest BCUT2D eigenvalue weighted by Crippen LogP contribution is -2.27. The molecule has 2 atom stereocenters. The van der Waals surface area contributed by atoms with Crippen LogP contribution >= 0.6 is 0 Å². The number of rotatable bonds is 5. The number of carbonyl (C=O) groups is 3. The molecule has 1 aliphatic rings. The van der Waals surface area contributed by atoms with Gasteiger partial charge in [-0.1, -0.05) is 13.8 Å². The maximum absolute atomic E-state index is 12.1. The van der Waals surface area contributed by atoms with Gasteiger partial charge in [-0.25, -0.2) is 4.79 Å². The van der Waals surface area contributed by atoms with E-state index >= 15 is 0 Å². The molecule has 0 aliphatic heterocycles. The Labute approximate surface area is 153 Å². The Bertz CT molecular complexity index is 708. The summed E-state index contributed by atoms with van der Waals surface area (Å²) in [5, 5.41) is 5.39. The van der Waals surface area contributed by atoms with Gasteiger partial charge in [0.05, 0.1) is 5.69 Å². The van der Waals surface area contributed by atoms with Crippen LogP contribution in [0.3, 0.4) is 0 Å². The zero-order chi connectivity index (χ0) is 19.5. The Morgan fingerprint density at radius 1 is 1.19 bits per heavy atom. The normalized spacial score (nSPS) is 18.7. The van der Waals surface area contributed by atoms with Gasteiger partial charge < -0.3 is 14.8 Å². The summed E-state index contributed by atoms with van der Waals surface area (Å²) in [6, 6.07) is 4.71. The second kappa shape index (κ2) is 7.76. The van der Waals surface area contributed by atoms with E-state index in [2.05, 4.69) is 10.6 Å². The van der Waals surface area contributed by atoms with Gasteiger partial charge in [-0.3, -0.25) is 14.9 Å². The molecule has 1 aromatic rings. The molecule has 0 radical (unpaired) electrons. The van der Waals surface area contributed by atoms with Crippen molar-refractivity contribution < 1.29 is 23.9 Å². The first kappa shape index (κ1) is 19.8. The van der Waals surface area contributed by atoms with Crippen molar-refractivity contribution in [2.75, 3.05) is 10.6 Å². The number of ether oxygens (including phenoxy) is 2. The molecule has 2 rings (SSSR count). The van der Waals surface area contributed by atoms with Gasteiger partial charge in [0.2, 0.25) is 5.91 Å². The van der Waals surface area contributed by atoms with Gasteiger partial charge in [0.1, 0.15) is 5.60 Å². The molecule has 1 aromatic carbocycles. The third-order valence-corrected chi connectivity index (χ3v) is 3.84. The molecule has 0 heterocycles. The molecule has 2 N–H and O–H groups in total. The lowest BCUT2D eigenvalue weighted by atomic mass is 10.2. The average molecular weight is 362 g/mol. The summed E-state index contributed by atoms with van der Waals surface area (Å²) in [5.74, 6) is 0.120. The van der Waals surface area contributed by atoms with Crippen LogP contribution in [0.25, 0.3) is 0 Å². The summed E-state index contributed by atoms with van der Waals surface area (Å²) in [7, 11) is 0. The van der Waals surface area contributed by atoms with Crippen molar-refractivity contribution in [3.05, 3.63) is 18.2 Å². The monoisotopic (exact) mass is 362 g/mol. The molecule has 7 heteroatoms. The third kappa shape index (κ3) is 5.75. The summed E-state index contributed by atoms with van der Waals surface area (Å²) >= 11 is 0. The highest BCUT2D eigenvalue weighted by Crippen LogP contribution is 2.39. The zero-order valence-corrected chi connectivity index (χ0v) is 15.8. The minimum Gasteiger partial charge on any atom is -0.444 e. The van der Waals surface area contributed by atoms with Crippen LogP contribution in [0.1, 0.15) is 47.5 Å². The van der Waals surface area contributed by atoms with Crippen molar-refractivity contribution in [3.8, 4) is 5.75 Å². The molecule has 142 valence electrons. The molecule has 0 bridgehead atoms. The summed E-state index contributed by atoms with van der Waals surface area (Å²) < 4.78 is 10.5. The highest BCUT2D eigenvalue weighted by atomic mass is 16.6. The fourth-order valence-electron chi connectivity index (χ4n) is 2.33. The number of carbonyl (C=O) groups excluding carboxylic acids is 3. The van der Waals surface area contributed by atoms with Crippen molar-refractivity contribution >= 4 is 29.3 Å². The number of hydrogen-bond donors (Lipinski definition) is 2. The summed E-state index contributed by atoms with van der Waals surface area (Å²) in [5.41, 5.74) is 0.0947. The van der Waals surface area contributed by atoms with E-state index in [1.165, 1.54) is 6.07 Å². The number of anilines is 2. The summed E-state index contributed by atoms with van der Waals surface area (Å²) in [6.45, 7) is 8.94. The molecular weight excluding hydrogens is 336 g/mol. The smallest absolute Gasteiger partial charge is 0.412 e. The van der Waals surface area contributed by atoms with Crippen LogP contribution in [0.4, 0.5) is 16.2 Å². The Balaban J connectivity index is 2.18. The van der Waals surface area contributed by atoms with Crippen molar-refractivity contribution in [2.24, 2.45) is 11.8 Å². The maximum Gasteiger partial charge on any atom is 0.412 e. The molecule has 2 unspecified atom stereocenters. The van der Waals surface area contributed by atoms with Crippen molar-refractivity contribution in [2.45, 2.75) is 53.1 Å². The molecular formula is C19H26N2O5. The number of nitrogens with one attached hydrogen (secondary N) is 2. The van der Waals surface area contributed by atoms with Crippen LogP contribution in [-0.4, -0.2) is 23.6 Å². The summed E-state index contributed by atoms with van der Waals surface area (Å²) in [6.07, 6.45) is 0.399. The highest BCUT2D eigenvalue weighted by molar-refractivity contribution is 5.96. The van der Waals surface area contributed by atoms with Crippen LogP contribution < -0.4 is 15.4 Å². The fourth-order valence-corrected chi connectivity index (χ4v) is 2.33. The molecule has 0 spiro atoms. The molecule has 1 fully saturated rings. The Kier molecular flexibility index (Phi) is 5.90. The van der Waals surface area contributed by atoms with E-state index < -0.39 is 17.7 Å². The second-order valence-corrected chi connectivity index (χ2v) is 7.47. The van der Waals surface area contributed by atoms with Gasteiger partial charge in [0, 0.05) is 18.0 Å². The number of hydrogen-bond acceptors (Lipinski definition) is 5. The Hall–Kier alpha value is -2.57. The zero-order valence-electron chi connectivity index (χ0n) is 15.8. The van der Waals surface area contributed by atoms with Crippen molar-refractivity contribution in [1.29, 1.82) is 0 Å². The second-order valence-electron chi connectivity index (χ2n) is 7.47. The van der Waals surface area contributed by atoms with Gasteiger partial charge in [-0.2, -0.15) is 0 Å². The molecule has 26 heavy (non-hydrogen) atoms. The van der Waals surface area contributed by atoms with Gasteiger partial charge in [0.15, 0.2) is 5.75 Å². The topological polar surface area (TPSA) is 93.7 Å². The molecule has 1 aliphatic carbocycles. The van der Waals surface area contributed by atoms with Crippen LogP contribution in [0.2, 0.25) is 0 Å². The molecule has 7 nitrogen and oxygen atoms in total. The first-order valence-electron chi connectivity index (χ1n) is 8.74. The average Bonchev–Trinajstić information content (AvgIpc) is 3.24. The van der Waals surface area contributed by atoms with E-state index in [4.69, 9.17) is 9.47 Å². The Morgan fingerprint density at radius 2 is 1.85 bits per heavy atom. The molecule has 2 amide bonds. The SMILES string of the molecule is CCC(=O)Oc1ccc(NC(=O)C2CC2C)cc1NC(=O)OC(C)(C)C. The van der Waals surface area contributed by atoms with E-state index in [0.29, 0.717) is 11.6 Å². The van der Waals surface area contributed by atoms with Crippen LogP contribution in [0.15, 0.2) is 18.2 Å². The van der Waals surface area contributed by atoms with Gasteiger partial charge in [-0.05, 0) is 51.3 Å². The van der Waals surface area contributed by atoms with Crippen LogP contribution in [-0.2, 0) is 14.3 Å². The first-order valence-corrected chi connectivity index (χ1v) is 8.74. The van der Waals surface area contributed by atoms with E-state index in [-0.39, 0.29) is 29.7 Å². The van der Waals surface area contributed by atoms with E-state index in [9.17, 15) is 14.4 Å². The highest BCUT2D eigenvalue weighted by Gasteiger charge is 2.39. The number of esters is 1. The van der Waals surface area contributed by atoms with E-state index in [1.807, 2.05) is 6.92 Å². The Morgan fingerprint density at radius 3 is 2.38 bits per heavy atom. The molecule has 1 saturated carbocycles. The minimum absolute atomic E-state index is 0.0230. The van der Waals surface area contributed by atoms with Crippen LogP contribution in [0, 0.1) is 11.8 Å². The fraction of sp³-hybridized carbons (Fsp3) is 0.526. The number of benzene rings is 1. The third-order valence-electron chi connectivity index (χ3n) is 3.84. The van der Waals surface area contributed by atoms with Crippen molar-refractivity contribution in [3.63, 3.8) is 0 Å². The van der Waals surface area contributed by atoms with E-state index in [1.54, 1.807) is 39.8 Å². The van der Waals surface area contributed by atoms with Gasteiger partial charge >= 0.3 is 12.1 Å². The predicted octanol–water partition coefficient (Wildman–Crippen LogP) is 3.94. The van der Waals surface area contributed by atoms with E-state index in [0.717, 1.165) is 6.42 Å². The molecule has 0 aromatic heterocycles. The lowest BCUT2D eigenvalue weighted by Gasteiger charge is -2.20. The van der Waals surface area contributed by atoms with Gasteiger partial charge in [-0.15, -0.1) is 0 Å². The van der Waals surface area contributed by atoms with Gasteiger partial charge in [0.25, 0.3) is 0 Å². The standard InChI is InChI=1S/C19H26N2O5/c1-6-16(22)25-15-8-7-12(20-17(23)13-9-11(13)2)10-14(15)21-18(24)26-19(3,4)5/h7-8,10-11,13H,6,9H2,1-5H3,(H,20,23)(H,21,24). The summed E-state index contributed by atoms with van der Waals surface area (Å²) in [4.78, 5) is 35.8. The maximum atomic E-state index is 12.1. The lowest BCUT2D eigenvalue weighted by molar-refractivity contribution is -0.134. The largest absolute Gasteiger partial charge is 0.444 e. The van der Waals surface area contributed by atoms with Crippen LogP contribution in [0.5, 0.6) is 5.75 Å². The first-order chi connectivity index (χ1) is 12.1.